The van der Waals surface area contributed by atoms with Gasteiger partial charge in [-0.2, -0.15) is 5.10 Å². The first-order chi connectivity index (χ1) is 12.8. The molecule has 2 aromatic heterocycles. The van der Waals surface area contributed by atoms with Crippen LogP contribution in [0.15, 0.2) is 41.4 Å². The first kappa shape index (κ1) is 18.7. The van der Waals surface area contributed by atoms with Gasteiger partial charge in [0.1, 0.15) is 11.5 Å². The maximum atomic E-state index is 12.9. The molecule has 2 aromatic rings. The van der Waals surface area contributed by atoms with E-state index in [1.165, 1.54) is 18.5 Å². The van der Waals surface area contributed by atoms with Crippen LogP contribution in [0, 0.1) is 6.92 Å². The third kappa shape index (κ3) is 3.31. The van der Waals surface area contributed by atoms with Gasteiger partial charge in [0.25, 0.3) is 5.91 Å². The number of Topliss-reactive ketones (excluding diaryl/α,β-unsaturated/α-hetero) is 1. The zero-order valence-electron chi connectivity index (χ0n) is 15.7. The van der Waals surface area contributed by atoms with Gasteiger partial charge in [-0.05, 0) is 37.6 Å². The van der Waals surface area contributed by atoms with Crippen molar-refractivity contribution in [3.05, 3.63) is 58.3 Å². The molecule has 8 heteroatoms. The quantitative estimate of drug-likeness (QED) is 0.685. The van der Waals surface area contributed by atoms with Crippen LogP contribution in [0.1, 0.15) is 40.3 Å². The number of amides is 1. The molecular weight excluding hydrogens is 348 g/mol. The molecule has 0 aromatic carbocycles. The number of aliphatic hydroxyl groups excluding tert-OH is 1. The smallest absolute Gasteiger partial charge is 0.254 e. The Labute approximate surface area is 156 Å². The molecule has 0 saturated heterocycles. The van der Waals surface area contributed by atoms with E-state index in [2.05, 4.69) is 15.7 Å². The predicted octanol–water partition coefficient (Wildman–Crippen LogP) is 1.30. The van der Waals surface area contributed by atoms with Crippen molar-refractivity contribution in [2.24, 2.45) is 0 Å². The Morgan fingerprint density at radius 2 is 2.15 bits per heavy atom. The third-order valence-electron chi connectivity index (χ3n) is 4.53. The molecule has 3 heterocycles. The second-order valence-electron chi connectivity index (χ2n) is 6.38. The monoisotopic (exact) mass is 370 g/mol. The van der Waals surface area contributed by atoms with E-state index in [1.807, 2.05) is 6.92 Å². The highest BCUT2D eigenvalue weighted by molar-refractivity contribution is 6.07. The predicted molar refractivity (Wildman–Crippen MR) is 99.2 cm³/mol. The third-order valence-corrected chi connectivity index (χ3v) is 4.53. The van der Waals surface area contributed by atoms with E-state index in [0.717, 1.165) is 5.70 Å². The van der Waals surface area contributed by atoms with Gasteiger partial charge in [0.2, 0.25) is 0 Å². The van der Waals surface area contributed by atoms with E-state index in [1.54, 1.807) is 31.3 Å². The number of aromatic nitrogens is 2. The molecule has 1 amide bonds. The molecule has 8 nitrogen and oxygen atoms in total. The molecule has 1 unspecified atom stereocenters. The summed E-state index contributed by atoms with van der Waals surface area (Å²) in [5.41, 5.74) is 3.17. The lowest BCUT2D eigenvalue weighted by atomic mass is 10.1. The number of carbonyl (C=O) groups excluding carboxylic acids is 2. The highest BCUT2D eigenvalue weighted by atomic mass is 16.5. The average Bonchev–Trinajstić information content (AvgIpc) is 2.92. The molecule has 142 valence electrons. The number of methoxy groups -OCH3 is 1. The van der Waals surface area contributed by atoms with Gasteiger partial charge in [-0.1, -0.05) is 0 Å². The first-order valence-electron chi connectivity index (χ1n) is 8.50. The molecule has 1 atom stereocenters. The summed E-state index contributed by atoms with van der Waals surface area (Å²) in [5, 5.41) is 20.1. The summed E-state index contributed by atoms with van der Waals surface area (Å²) in [5.74, 6) is -0.0207. The number of fused-ring (bicyclic) bond motifs is 1. The van der Waals surface area contributed by atoms with Gasteiger partial charge >= 0.3 is 0 Å². The topological polar surface area (TPSA) is 105 Å². The summed E-state index contributed by atoms with van der Waals surface area (Å²) in [6.07, 6.45) is 2.37. The van der Waals surface area contributed by atoms with Gasteiger partial charge in [0, 0.05) is 30.9 Å². The molecule has 3 rings (SSSR count). The Morgan fingerprint density at radius 3 is 2.81 bits per heavy atom. The molecule has 0 spiro atoms. The lowest BCUT2D eigenvalue weighted by molar-refractivity contribution is 0.0952. The SMILES string of the molecule is COC1=C(CNC(=O)c2c(C)c(C(C)=O)n3ncccc23)C(O)NC(C)=C1. The second kappa shape index (κ2) is 7.24. The first-order valence-corrected chi connectivity index (χ1v) is 8.50. The van der Waals surface area contributed by atoms with Crippen molar-refractivity contribution in [1.29, 1.82) is 0 Å². The van der Waals surface area contributed by atoms with Crippen LogP contribution in [0.4, 0.5) is 0 Å². The van der Waals surface area contributed by atoms with Crippen LogP contribution in [0.3, 0.4) is 0 Å². The number of dihydropyridines is 1. The maximum absolute atomic E-state index is 12.9. The number of carbonyl (C=O) groups is 2. The molecule has 1 aliphatic heterocycles. The Bertz CT molecular complexity index is 987. The minimum absolute atomic E-state index is 0.0897. The van der Waals surface area contributed by atoms with Crippen molar-refractivity contribution < 1.29 is 19.4 Å². The van der Waals surface area contributed by atoms with Gasteiger partial charge in [-0.25, -0.2) is 4.52 Å². The van der Waals surface area contributed by atoms with Gasteiger partial charge < -0.3 is 20.5 Å². The molecular formula is C19H22N4O4. The van der Waals surface area contributed by atoms with E-state index < -0.39 is 6.23 Å². The van der Waals surface area contributed by atoms with Crippen LogP contribution < -0.4 is 10.6 Å². The Morgan fingerprint density at radius 1 is 1.41 bits per heavy atom. The number of allylic oxidation sites excluding steroid dienone is 2. The van der Waals surface area contributed by atoms with Crippen molar-refractivity contribution in [2.45, 2.75) is 27.0 Å². The number of nitrogens with zero attached hydrogens (tertiary/aromatic N) is 2. The Hall–Kier alpha value is -3.13. The number of ketones is 1. The molecule has 0 bridgehead atoms. The van der Waals surface area contributed by atoms with Gasteiger partial charge in [-0.15, -0.1) is 0 Å². The number of nitrogens with one attached hydrogen (secondary N) is 2. The number of aliphatic hydroxyl groups is 1. The van der Waals surface area contributed by atoms with Crippen LogP contribution in [0.2, 0.25) is 0 Å². The number of hydrogen-bond acceptors (Lipinski definition) is 6. The van der Waals surface area contributed by atoms with Crippen LogP contribution in [0.25, 0.3) is 5.52 Å². The van der Waals surface area contributed by atoms with Crippen molar-refractivity contribution in [3.8, 4) is 0 Å². The second-order valence-corrected chi connectivity index (χ2v) is 6.38. The Kier molecular flexibility index (Phi) is 5.00. The molecule has 0 aliphatic carbocycles. The fourth-order valence-corrected chi connectivity index (χ4v) is 3.31. The zero-order valence-corrected chi connectivity index (χ0v) is 15.7. The number of ether oxygens (including phenoxy) is 1. The van der Waals surface area contributed by atoms with Gasteiger partial charge in [0.05, 0.1) is 18.2 Å². The largest absolute Gasteiger partial charge is 0.496 e. The fraction of sp³-hybridized carbons (Fsp3) is 0.316. The lowest BCUT2D eigenvalue weighted by Gasteiger charge is -2.25. The fourth-order valence-electron chi connectivity index (χ4n) is 3.31. The van der Waals surface area contributed by atoms with E-state index in [-0.39, 0.29) is 18.2 Å². The summed E-state index contributed by atoms with van der Waals surface area (Å²) in [6.45, 7) is 5.07. The highest BCUT2D eigenvalue weighted by Crippen LogP contribution is 2.23. The molecule has 0 fully saturated rings. The average molecular weight is 370 g/mol. The van der Waals surface area contributed by atoms with E-state index >= 15 is 0 Å². The van der Waals surface area contributed by atoms with Gasteiger partial charge in [0.15, 0.2) is 12.0 Å². The van der Waals surface area contributed by atoms with Crippen molar-refractivity contribution in [3.63, 3.8) is 0 Å². The van der Waals surface area contributed by atoms with Crippen molar-refractivity contribution in [1.82, 2.24) is 20.2 Å². The summed E-state index contributed by atoms with van der Waals surface area (Å²) < 4.78 is 6.79. The molecule has 0 saturated carbocycles. The minimum Gasteiger partial charge on any atom is -0.496 e. The highest BCUT2D eigenvalue weighted by Gasteiger charge is 2.25. The maximum Gasteiger partial charge on any atom is 0.254 e. The van der Waals surface area contributed by atoms with Crippen molar-refractivity contribution >= 4 is 17.2 Å². The van der Waals surface area contributed by atoms with Crippen LogP contribution in [0.5, 0.6) is 0 Å². The van der Waals surface area contributed by atoms with Crippen LogP contribution in [-0.2, 0) is 4.74 Å². The number of hydrogen-bond donors (Lipinski definition) is 3. The van der Waals surface area contributed by atoms with Crippen LogP contribution >= 0.6 is 0 Å². The van der Waals surface area contributed by atoms with Crippen LogP contribution in [-0.4, -0.2) is 46.3 Å². The van der Waals surface area contributed by atoms with E-state index in [9.17, 15) is 14.7 Å². The van der Waals surface area contributed by atoms with Crippen molar-refractivity contribution in [2.75, 3.05) is 13.7 Å². The molecule has 1 aliphatic rings. The number of rotatable bonds is 5. The summed E-state index contributed by atoms with van der Waals surface area (Å²) in [7, 11) is 1.51. The Balaban J connectivity index is 1.94. The molecule has 3 N–H and O–H groups in total. The minimum atomic E-state index is -0.952. The summed E-state index contributed by atoms with van der Waals surface area (Å²) in [4.78, 5) is 24.9. The van der Waals surface area contributed by atoms with Gasteiger partial charge in [-0.3, -0.25) is 9.59 Å². The lowest BCUT2D eigenvalue weighted by Crippen LogP contribution is -2.39. The standard InChI is InChI=1S/C19H22N4O4/c1-10-8-15(27-4)13(18(25)22-10)9-20-19(26)16-11(2)17(12(3)24)23-14(16)6-5-7-21-23/h5-8,18,22,25H,9H2,1-4H3,(H,20,26). The van der Waals surface area contributed by atoms with E-state index in [0.29, 0.717) is 33.7 Å². The summed E-state index contributed by atoms with van der Waals surface area (Å²) in [6, 6.07) is 3.45. The summed E-state index contributed by atoms with van der Waals surface area (Å²) >= 11 is 0. The van der Waals surface area contributed by atoms with E-state index in [4.69, 9.17) is 4.74 Å². The molecule has 0 radical (unpaired) electrons. The normalized spacial score (nSPS) is 16.8. The molecule has 27 heavy (non-hydrogen) atoms. The zero-order chi connectivity index (χ0) is 19.7.